The molecule has 0 radical (unpaired) electrons. The highest BCUT2D eigenvalue weighted by molar-refractivity contribution is 9.10. The molecule has 1 fully saturated rings. The average Bonchev–Trinajstić information content (AvgIpc) is 3.27. The molecule has 1 amide bonds. The van der Waals surface area contributed by atoms with E-state index in [1.165, 1.54) is 0 Å². The molecule has 1 aliphatic heterocycles. The van der Waals surface area contributed by atoms with Crippen LogP contribution in [0.3, 0.4) is 0 Å². The predicted octanol–water partition coefficient (Wildman–Crippen LogP) is 2.26. The Kier molecular flexibility index (Phi) is 5.54. The van der Waals surface area contributed by atoms with Gasteiger partial charge in [0, 0.05) is 22.3 Å². The zero-order chi connectivity index (χ0) is 17.9. The molecule has 0 bridgehead atoms. The number of hydrogen-bond acceptors (Lipinski definition) is 5. The van der Waals surface area contributed by atoms with Gasteiger partial charge in [0.15, 0.2) is 0 Å². The monoisotopic (exact) mass is 418 g/mol. The Bertz CT molecular complexity index is 794. The summed E-state index contributed by atoms with van der Waals surface area (Å²) >= 11 is 4.99. The first-order valence-corrected chi connectivity index (χ1v) is 9.72. The Balaban J connectivity index is 1.84. The van der Waals surface area contributed by atoms with Gasteiger partial charge in [-0.1, -0.05) is 28.1 Å². The van der Waals surface area contributed by atoms with E-state index in [2.05, 4.69) is 32.6 Å². The lowest BCUT2D eigenvalue weighted by molar-refractivity contribution is -0.124. The molecule has 5 nitrogen and oxygen atoms in total. The minimum absolute atomic E-state index is 0.191. The summed E-state index contributed by atoms with van der Waals surface area (Å²) in [6, 6.07) is 11.1. The van der Waals surface area contributed by atoms with E-state index in [4.69, 9.17) is 5.73 Å². The molecule has 0 saturated carbocycles. The lowest BCUT2D eigenvalue weighted by Crippen LogP contribution is -2.53. The molecule has 25 heavy (non-hydrogen) atoms. The number of nitriles is 1. The first-order valence-electron chi connectivity index (χ1n) is 8.05. The Hall–Kier alpha value is -1.72. The van der Waals surface area contributed by atoms with Gasteiger partial charge in [0.1, 0.15) is 0 Å². The number of halogens is 1. The summed E-state index contributed by atoms with van der Waals surface area (Å²) in [6.07, 6.45) is 1.24. The zero-order valence-corrected chi connectivity index (χ0v) is 16.0. The smallest absolute Gasteiger partial charge is 0.238 e. The first-order chi connectivity index (χ1) is 12.0. The van der Waals surface area contributed by atoms with Gasteiger partial charge in [-0.15, -0.1) is 11.3 Å². The Morgan fingerprint density at radius 2 is 2.36 bits per heavy atom. The summed E-state index contributed by atoms with van der Waals surface area (Å²) in [7, 11) is 0. The summed E-state index contributed by atoms with van der Waals surface area (Å²) in [4.78, 5) is 13.8. The number of carbonyl (C=O) groups excluding carboxylic acids is 1. The molecule has 0 spiro atoms. The van der Waals surface area contributed by atoms with Crippen molar-refractivity contribution in [1.29, 1.82) is 5.26 Å². The maximum atomic E-state index is 12.7. The van der Waals surface area contributed by atoms with Crippen molar-refractivity contribution in [2.45, 2.75) is 24.4 Å². The Labute approximate surface area is 159 Å². The molecule has 1 aliphatic rings. The second-order valence-corrected chi connectivity index (χ2v) is 8.14. The number of nitrogens with two attached hydrogens (primary N) is 1. The van der Waals surface area contributed by atoms with E-state index in [-0.39, 0.29) is 5.91 Å². The van der Waals surface area contributed by atoms with Crippen molar-refractivity contribution in [2.24, 2.45) is 5.73 Å². The standard InChI is InChI=1S/C18H19BrN4OS/c19-13-3-4-15(12(8-13)10-20)18(5-6-22-11-18)23-17(24)16(21)9-14-2-1-7-25-14/h1-4,7-8,16,22H,5-6,9,11,21H2,(H,23,24)/t16-,18+/m0/s1. The predicted molar refractivity (Wildman–Crippen MR) is 102 cm³/mol. The highest BCUT2D eigenvalue weighted by Crippen LogP contribution is 2.32. The van der Waals surface area contributed by atoms with E-state index in [9.17, 15) is 10.1 Å². The van der Waals surface area contributed by atoms with E-state index >= 15 is 0 Å². The van der Waals surface area contributed by atoms with E-state index in [0.717, 1.165) is 27.9 Å². The molecule has 130 valence electrons. The molecule has 1 saturated heterocycles. The highest BCUT2D eigenvalue weighted by Gasteiger charge is 2.39. The highest BCUT2D eigenvalue weighted by atomic mass is 79.9. The van der Waals surface area contributed by atoms with E-state index in [1.807, 2.05) is 29.6 Å². The molecule has 0 aliphatic carbocycles. The van der Waals surface area contributed by atoms with Crippen LogP contribution in [-0.4, -0.2) is 25.0 Å². The van der Waals surface area contributed by atoms with E-state index in [0.29, 0.717) is 18.5 Å². The lowest BCUT2D eigenvalue weighted by atomic mass is 9.85. The van der Waals surface area contributed by atoms with Gasteiger partial charge in [0.05, 0.1) is 23.2 Å². The summed E-state index contributed by atoms with van der Waals surface area (Å²) in [5.74, 6) is -0.191. The molecule has 7 heteroatoms. The van der Waals surface area contributed by atoms with Crippen molar-refractivity contribution in [1.82, 2.24) is 10.6 Å². The number of benzene rings is 1. The fourth-order valence-corrected chi connectivity index (χ4v) is 4.31. The van der Waals surface area contributed by atoms with Crippen LogP contribution in [0, 0.1) is 11.3 Å². The van der Waals surface area contributed by atoms with Crippen molar-refractivity contribution < 1.29 is 4.79 Å². The molecular weight excluding hydrogens is 400 g/mol. The van der Waals surface area contributed by atoms with E-state index < -0.39 is 11.6 Å². The lowest BCUT2D eigenvalue weighted by Gasteiger charge is -2.32. The largest absolute Gasteiger partial charge is 0.344 e. The number of nitrogens with one attached hydrogen (secondary N) is 2. The number of thiophene rings is 1. The summed E-state index contributed by atoms with van der Waals surface area (Å²) in [5, 5.41) is 17.9. The third-order valence-corrected chi connectivity index (χ3v) is 5.87. The minimum Gasteiger partial charge on any atom is -0.344 e. The van der Waals surface area contributed by atoms with Crippen LogP contribution in [0.25, 0.3) is 0 Å². The number of carbonyl (C=O) groups is 1. The molecule has 4 N–H and O–H groups in total. The topological polar surface area (TPSA) is 90.9 Å². The molecule has 1 aromatic carbocycles. The van der Waals surface area contributed by atoms with Crippen LogP contribution in [0.2, 0.25) is 0 Å². The van der Waals surface area contributed by atoms with Gasteiger partial charge >= 0.3 is 0 Å². The number of hydrogen-bond donors (Lipinski definition) is 3. The van der Waals surface area contributed by atoms with Gasteiger partial charge in [-0.05, 0) is 42.1 Å². The number of rotatable bonds is 5. The van der Waals surface area contributed by atoms with Crippen LogP contribution < -0.4 is 16.4 Å². The Morgan fingerprint density at radius 3 is 3.00 bits per heavy atom. The minimum atomic E-state index is -0.614. The van der Waals surface area contributed by atoms with Crippen molar-refractivity contribution >= 4 is 33.2 Å². The van der Waals surface area contributed by atoms with Crippen molar-refractivity contribution in [3.8, 4) is 6.07 Å². The van der Waals surface area contributed by atoms with Gasteiger partial charge in [-0.2, -0.15) is 5.26 Å². The first kappa shape index (κ1) is 18.1. The van der Waals surface area contributed by atoms with Crippen LogP contribution in [0.1, 0.15) is 22.4 Å². The van der Waals surface area contributed by atoms with Gasteiger partial charge in [0.25, 0.3) is 0 Å². The molecule has 2 atom stereocenters. The van der Waals surface area contributed by atoms with Crippen LogP contribution in [0.15, 0.2) is 40.2 Å². The third-order valence-electron chi connectivity index (χ3n) is 4.47. The number of nitrogens with zero attached hydrogens (tertiary/aromatic N) is 1. The fourth-order valence-electron chi connectivity index (χ4n) is 3.19. The average molecular weight is 419 g/mol. The summed E-state index contributed by atoms with van der Waals surface area (Å²) < 4.78 is 0.842. The summed E-state index contributed by atoms with van der Waals surface area (Å²) in [5.41, 5.74) is 6.91. The molecule has 2 aromatic rings. The zero-order valence-electron chi connectivity index (χ0n) is 13.6. The Morgan fingerprint density at radius 1 is 1.52 bits per heavy atom. The quantitative estimate of drug-likeness (QED) is 0.694. The normalized spacial score (nSPS) is 20.8. The van der Waals surface area contributed by atoms with Crippen LogP contribution in [0.4, 0.5) is 0 Å². The SMILES string of the molecule is N#Cc1cc(Br)ccc1[C@@]1(NC(=O)[C@@H](N)Cc2cccs2)CCNC1. The van der Waals surface area contributed by atoms with E-state index in [1.54, 1.807) is 17.4 Å². The van der Waals surface area contributed by atoms with Gasteiger partial charge in [-0.25, -0.2) is 0 Å². The maximum Gasteiger partial charge on any atom is 0.238 e. The van der Waals surface area contributed by atoms with Crippen LogP contribution in [-0.2, 0) is 16.8 Å². The van der Waals surface area contributed by atoms with Crippen molar-refractivity contribution in [3.63, 3.8) is 0 Å². The fraction of sp³-hybridized carbons (Fsp3) is 0.333. The molecule has 1 aromatic heterocycles. The second-order valence-electron chi connectivity index (χ2n) is 6.19. The number of amides is 1. The van der Waals surface area contributed by atoms with Gasteiger partial charge in [0.2, 0.25) is 5.91 Å². The molecular formula is C18H19BrN4OS. The third kappa shape index (κ3) is 3.93. The van der Waals surface area contributed by atoms with Crippen LogP contribution in [0.5, 0.6) is 0 Å². The van der Waals surface area contributed by atoms with Gasteiger partial charge in [-0.3, -0.25) is 4.79 Å². The molecule has 3 rings (SSSR count). The van der Waals surface area contributed by atoms with Crippen molar-refractivity contribution in [2.75, 3.05) is 13.1 Å². The van der Waals surface area contributed by atoms with Crippen LogP contribution >= 0.6 is 27.3 Å². The molecule has 0 unspecified atom stereocenters. The molecule has 2 heterocycles. The summed E-state index contributed by atoms with van der Waals surface area (Å²) in [6.45, 7) is 1.36. The van der Waals surface area contributed by atoms with Crippen molar-refractivity contribution in [3.05, 3.63) is 56.2 Å². The maximum absolute atomic E-state index is 12.7. The second kappa shape index (κ2) is 7.67. The van der Waals surface area contributed by atoms with Gasteiger partial charge < -0.3 is 16.4 Å².